The Hall–Kier alpha value is -1.91. The summed E-state index contributed by atoms with van der Waals surface area (Å²) in [5.41, 5.74) is 13.9. The van der Waals surface area contributed by atoms with E-state index in [1.165, 1.54) is 0 Å². The van der Waals surface area contributed by atoms with Gasteiger partial charge in [-0.15, -0.1) is 5.10 Å². The molecule has 2 heterocycles. The molecule has 5 heteroatoms. The minimum atomic E-state index is 0.374. The van der Waals surface area contributed by atoms with E-state index in [2.05, 4.69) is 5.10 Å². The molecule has 0 aliphatic rings. The highest BCUT2D eigenvalue weighted by atomic mass is 15.3. The van der Waals surface area contributed by atoms with E-state index < -0.39 is 0 Å². The van der Waals surface area contributed by atoms with E-state index in [1.807, 2.05) is 37.3 Å². The smallest absolute Gasteiger partial charge is 0.169 e. The summed E-state index contributed by atoms with van der Waals surface area (Å²) in [4.78, 5) is 1.98. The largest absolute Gasteiger partial charge is 0.394 e. The monoisotopic (exact) mass is 191 g/mol. The summed E-state index contributed by atoms with van der Waals surface area (Å²) in [5, 5.41) is 4.10. The van der Waals surface area contributed by atoms with Crippen molar-refractivity contribution < 1.29 is 0 Å². The molecular formula is C9H13N5. The molecule has 2 rings (SSSR count). The highest BCUT2D eigenvalue weighted by molar-refractivity contribution is 5.90. The molecule has 2 aromatic rings. The predicted molar refractivity (Wildman–Crippen MR) is 58.3 cm³/mol. The van der Waals surface area contributed by atoms with Crippen molar-refractivity contribution in [2.45, 2.75) is 0 Å². The van der Waals surface area contributed by atoms with Gasteiger partial charge < -0.3 is 16.4 Å². The van der Waals surface area contributed by atoms with E-state index in [4.69, 9.17) is 11.5 Å². The molecule has 0 spiro atoms. The number of rotatable bonds is 1. The topological polar surface area (TPSA) is 72.6 Å². The van der Waals surface area contributed by atoms with Gasteiger partial charge in [0, 0.05) is 20.3 Å². The lowest BCUT2D eigenvalue weighted by molar-refractivity contribution is 0.960. The van der Waals surface area contributed by atoms with Crippen molar-refractivity contribution in [3.8, 4) is 0 Å². The first kappa shape index (κ1) is 8.68. The van der Waals surface area contributed by atoms with Gasteiger partial charge in [0.1, 0.15) is 11.2 Å². The fourth-order valence-corrected chi connectivity index (χ4v) is 1.48. The Morgan fingerprint density at radius 2 is 2.07 bits per heavy atom. The quantitative estimate of drug-likeness (QED) is 0.691. The molecule has 14 heavy (non-hydrogen) atoms. The minimum Gasteiger partial charge on any atom is -0.394 e. The summed E-state index contributed by atoms with van der Waals surface area (Å²) in [6.45, 7) is 0. The molecule has 0 saturated heterocycles. The van der Waals surface area contributed by atoms with Crippen LogP contribution in [0.5, 0.6) is 0 Å². The van der Waals surface area contributed by atoms with Crippen LogP contribution in [0.3, 0.4) is 0 Å². The molecule has 0 radical (unpaired) electrons. The van der Waals surface area contributed by atoms with Crippen LogP contribution in [-0.2, 0) is 0 Å². The standard InChI is InChI=1S/C9H13N5/c1-13(2)6-4-3-5-14-8(6)7(10)9(11)12-14/h3-5H,10H2,1-2H3,(H2,11,12). The van der Waals surface area contributed by atoms with Crippen molar-refractivity contribution in [1.82, 2.24) is 9.61 Å². The van der Waals surface area contributed by atoms with Crippen LogP contribution in [0, 0.1) is 0 Å². The van der Waals surface area contributed by atoms with Gasteiger partial charge in [0.2, 0.25) is 0 Å². The number of aromatic nitrogens is 2. The fourth-order valence-electron chi connectivity index (χ4n) is 1.48. The highest BCUT2D eigenvalue weighted by Gasteiger charge is 2.11. The number of anilines is 3. The summed E-state index contributed by atoms with van der Waals surface area (Å²) in [6, 6.07) is 3.89. The van der Waals surface area contributed by atoms with Crippen LogP contribution in [0.15, 0.2) is 18.3 Å². The van der Waals surface area contributed by atoms with Gasteiger partial charge in [-0.1, -0.05) is 0 Å². The lowest BCUT2D eigenvalue weighted by atomic mass is 10.3. The van der Waals surface area contributed by atoms with Crippen molar-refractivity contribution in [3.63, 3.8) is 0 Å². The lowest BCUT2D eigenvalue weighted by Crippen LogP contribution is -2.10. The Bertz CT molecular complexity index is 471. The van der Waals surface area contributed by atoms with Crippen molar-refractivity contribution in [3.05, 3.63) is 18.3 Å². The normalized spacial score (nSPS) is 10.7. The van der Waals surface area contributed by atoms with Gasteiger partial charge in [0.15, 0.2) is 5.82 Å². The van der Waals surface area contributed by atoms with Crippen LogP contribution >= 0.6 is 0 Å². The Morgan fingerprint density at radius 3 is 2.71 bits per heavy atom. The molecule has 0 fully saturated rings. The maximum Gasteiger partial charge on any atom is 0.169 e. The summed E-state index contributed by atoms with van der Waals surface area (Å²) in [7, 11) is 3.91. The van der Waals surface area contributed by atoms with Crippen molar-refractivity contribution >= 4 is 22.7 Å². The number of nitrogen functional groups attached to an aromatic ring is 2. The van der Waals surface area contributed by atoms with Gasteiger partial charge in [-0.25, -0.2) is 4.52 Å². The minimum absolute atomic E-state index is 0.374. The van der Waals surface area contributed by atoms with Crippen LogP contribution in [-0.4, -0.2) is 23.7 Å². The van der Waals surface area contributed by atoms with Crippen molar-refractivity contribution in [1.29, 1.82) is 0 Å². The maximum atomic E-state index is 5.84. The number of nitrogens with two attached hydrogens (primary N) is 2. The molecule has 74 valence electrons. The third-order valence-corrected chi connectivity index (χ3v) is 2.18. The average molecular weight is 191 g/mol. The van der Waals surface area contributed by atoms with E-state index in [0.717, 1.165) is 11.2 Å². The van der Waals surface area contributed by atoms with Crippen LogP contribution in [0.1, 0.15) is 0 Å². The maximum absolute atomic E-state index is 5.84. The Labute approximate surface area is 81.9 Å². The molecule has 0 amide bonds. The molecule has 2 aromatic heterocycles. The number of nitrogens with zero attached hydrogens (tertiary/aromatic N) is 3. The molecule has 5 nitrogen and oxygen atoms in total. The summed E-state index contributed by atoms with van der Waals surface area (Å²) >= 11 is 0. The van der Waals surface area contributed by atoms with E-state index in [-0.39, 0.29) is 0 Å². The second-order valence-electron chi connectivity index (χ2n) is 3.38. The first-order chi connectivity index (χ1) is 6.61. The zero-order valence-electron chi connectivity index (χ0n) is 8.23. The SMILES string of the molecule is CN(C)c1cccn2nc(N)c(N)c12. The molecule has 0 unspecified atom stereocenters. The molecular weight excluding hydrogens is 178 g/mol. The Kier molecular flexibility index (Phi) is 1.73. The molecule has 0 bridgehead atoms. The van der Waals surface area contributed by atoms with Gasteiger partial charge in [-0.2, -0.15) is 0 Å². The average Bonchev–Trinajstić information content (AvgIpc) is 2.43. The second kappa shape index (κ2) is 2.80. The predicted octanol–water partition coefficient (Wildman–Crippen LogP) is 0.565. The number of pyridine rings is 1. The Morgan fingerprint density at radius 1 is 1.36 bits per heavy atom. The number of fused-ring (bicyclic) bond motifs is 1. The van der Waals surface area contributed by atoms with E-state index in [1.54, 1.807) is 4.52 Å². The molecule has 0 aromatic carbocycles. The molecule has 0 aliphatic carbocycles. The molecule has 4 N–H and O–H groups in total. The summed E-state index contributed by atoms with van der Waals surface area (Å²) < 4.78 is 1.69. The van der Waals surface area contributed by atoms with Gasteiger partial charge in [-0.3, -0.25) is 0 Å². The first-order valence-electron chi connectivity index (χ1n) is 4.31. The molecule has 0 aliphatic heterocycles. The summed E-state index contributed by atoms with van der Waals surface area (Å²) in [5.74, 6) is 0.374. The van der Waals surface area contributed by atoms with Crippen LogP contribution in [0.4, 0.5) is 17.2 Å². The van der Waals surface area contributed by atoms with Crippen LogP contribution < -0.4 is 16.4 Å². The van der Waals surface area contributed by atoms with E-state index in [0.29, 0.717) is 11.5 Å². The van der Waals surface area contributed by atoms with Crippen LogP contribution in [0.2, 0.25) is 0 Å². The van der Waals surface area contributed by atoms with Crippen LogP contribution in [0.25, 0.3) is 5.52 Å². The number of hydrogen-bond donors (Lipinski definition) is 2. The van der Waals surface area contributed by atoms with Gasteiger partial charge in [0.25, 0.3) is 0 Å². The number of hydrogen-bond acceptors (Lipinski definition) is 4. The lowest BCUT2D eigenvalue weighted by Gasteiger charge is -2.13. The van der Waals surface area contributed by atoms with Gasteiger partial charge >= 0.3 is 0 Å². The highest BCUT2D eigenvalue weighted by Crippen LogP contribution is 2.28. The fraction of sp³-hybridized carbons (Fsp3) is 0.222. The first-order valence-corrected chi connectivity index (χ1v) is 4.31. The van der Waals surface area contributed by atoms with E-state index in [9.17, 15) is 0 Å². The second-order valence-corrected chi connectivity index (χ2v) is 3.38. The van der Waals surface area contributed by atoms with Crippen molar-refractivity contribution in [2.75, 3.05) is 30.5 Å². The van der Waals surface area contributed by atoms with Crippen molar-refractivity contribution in [2.24, 2.45) is 0 Å². The third-order valence-electron chi connectivity index (χ3n) is 2.18. The van der Waals surface area contributed by atoms with E-state index >= 15 is 0 Å². The third kappa shape index (κ3) is 1.06. The molecule has 0 atom stereocenters. The van der Waals surface area contributed by atoms with Gasteiger partial charge in [0.05, 0.1) is 5.69 Å². The van der Waals surface area contributed by atoms with Gasteiger partial charge in [-0.05, 0) is 12.1 Å². The zero-order valence-corrected chi connectivity index (χ0v) is 8.23. The Balaban J connectivity index is 2.84. The molecule has 0 saturated carbocycles. The zero-order chi connectivity index (χ0) is 10.3. The summed E-state index contributed by atoms with van der Waals surface area (Å²) in [6.07, 6.45) is 1.83.